The fraction of sp³-hybridized carbons (Fsp3) is 0. The van der Waals surface area contributed by atoms with Crippen molar-refractivity contribution in [2.24, 2.45) is 0 Å². The van der Waals surface area contributed by atoms with Gasteiger partial charge in [-0.2, -0.15) is 0 Å². The maximum Gasteiger partial charge on any atom is 0.343 e. The summed E-state index contributed by atoms with van der Waals surface area (Å²) in [6.45, 7) is 0. The Bertz CT molecular complexity index is 647. The fourth-order valence-electron chi connectivity index (χ4n) is 1.20. The van der Waals surface area contributed by atoms with E-state index in [1.54, 1.807) is 12.1 Å². The third kappa shape index (κ3) is 4.86. The molecule has 0 aliphatic carbocycles. The summed E-state index contributed by atoms with van der Waals surface area (Å²) < 4.78 is 4.68. The van der Waals surface area contributed by atoms with Gasteiger partial charge in [-0.05, 0) is 17.5 Å². The largest absolute Gasteiger partial charge is 0.478 e. The van der Waals surface area contributed by atoms with Gasteiger partial charge in [-0.3, -0.25) is 0 Å². The van der Waals surface area contributed by atoms with Crippen LogP contribution >= 0.6 is 0 Å². The van der Waals surface area contributed by atoms with Crippen molar-refractivity contribution in [1.82, 2.24) is 0 Å². The van der Waals surface area contributed by atoms with Crippen molar-refractivity contribution >= 4 is 22.7 Å². The molecule has 1 aromatic carbocycles. The zero-order valence-corrected chi connectivity index (χ0v) is 9.65. The molecule has 0 fully saturated rings. The van der Waals surface area contributed by atoms with Gasteiger partial charge in [0.2, 0.25) is 0 Å². The first-order valence-electron chi connectivity index (χ1n) is 5.11. The highest BCUT2D eigenvalue weighted by molar-refractivity contribution is 5.89. The summed E-state index contributed by atoms with van der Waals surface area (Å²) in [5.41, 5.74) is -0.275. The van der Waals surface area contributed by atoms with Crippen molar-refractivity contribution in [3.63, 3.8) is 0 Å². The van der Waals surface area contributed by atoms with Crippen molar-refractivity contribution in [3.05, 3.63) is 59.2 Å². The van der Waals surface area contributed by atoms with E-state index in [1.807, 2.05) is 18.2 Å². The van der Waals surface area contributed by atoms with Gasteiger partial charge in [0.05, 0.1) is 11.6 Å². The standard InChI is InChI=1S/C9H6O2.C4H4O4/c10-9-8-4-2-1-3-7(8)5-6-11-9;5-3(6)1-2-4(7)8/h1-6H;1-2H,(H,5,6)(H,7,8)/b;2-1-. The molecule has 0 unspecified atom stereocenters. The van der Waals surface area contributed by atoms with Gasteiger partial charge in [0, 0.05) is 12.2 Å². The van der Waals surface area contributed by atoms with E-state index in [0.717, 1.165) is 5.39 Å². The zero-order chi connectivity index (χ0) is 14.3. The number of hydrogen-bond donors (Lipinski definition) is 2. The quantitative estimate of drug-likeness (QED) is 0.795. The van der Waals surface area contributed by atoms with E-state index in [-0.39, 0.29) is 5.63 Å². The van der Waals surface area contributed by atoms with Crippen LogP contribution in [0.15, 0.2) is 58.0 Å². The van der Waals surface area contributed by atoms with E-state index < -0.39 is 11.9 Å². The van der Waals surface area contributed by atoms with E-state index in [4.69, 9.17) is 10.2 Å². The van der Waals surface area contributed by atoms with Crippen LogP contribution in [0.2, 0.25) is 0 Å². The molecule has 1 aromatic heterocycles. The molecule has 98 valence electrons. The van der Waals surface area contributed by atoms with E-state index in [9.17, 15) is 14.4 Å². The predicted molar refractivity (Wildman–Crippen MR) is 66.9 cm³/mol. The predicted octanol–water partition coefficient (Wildman–Crippen LogP) is 1.50. The fourth-order valence-corrected chi connectivity index (χ4v) is 1.20. The lowest BCUT2D eigenvalue weighted by Gasteiger charge is -1.91. The third-order valence-corrected chi connectivity index (χ3v) is 1.97. The summed E-state index contributed by atoms with van der Waals surface area (Å²) in [6, 6.07) is 9.12. The molecule has 19 heavy (non-hydrogen) atoms. The van der Waals surface area contributed by atoms with E-state index in [1.165, 1.54) is 6.26 Å². The summed E-state index contributed by atoms with van der Waals surface area (Å²) >= 11 is 0. The molecule has 0 aliphatic rings. The number of hydrogen-bond acceptors (Lipinski definition) is 4. The van der Waals surface area contributed by atoms with E-state index in [0.29, 0.717) is 17.5 Å². The molecule has 0 saturated heterocycles. The van der Waals surface area contributed by atoms with Crippen molar-refractivity contribution in [2.75, 3.05) is 0 Å². The molecule has 6 heteroatoms. The average Bonchev–Trinajstić information content (AvgIpc) is 2.38. The Hall–Kier alpha value is -2.89. The molecule has 1 heterocycles. The van der Waals surface area contributed by atoms with Crippen LogP contribution in [0.5, 0.6) is 0 Å². The summed E-state index contributed by atoms with van der Waals surface area (Å²) in [5, 5.41) is 17.2. The highest BCUT2D eigenvalue weighted by Gasteiger charge is 1.94. The van der Waals surface area contributed by atoms with Crippen LogP contribution in [-0.2, 0) is 9.59 Å². The maximum absolute atomic E-state index is 11.0. The lowest BCUT2D eigenvalue weighted by Crippen LogP contribution is -1.96. The minimum absolute atomic E-state index is 0.275. The molecule has 0 radical (unpaired) electrons. The van der Waals surface area contributed by atoms with Crippen LogP contribution in [-0.4, -0.2) is 22.2 Å². The monoisotopic (exact) mass is 262 g/mol. The second-order valence-electron chi connectivity index (χ2n) is 3.31. The molecule has 0 bridgehead atoms. The van der Waals surface area contributed by atoms with Gasteiger partial charge in [-0.25, -0.2) is 14.4 Å². The maximum atomic E-state index is 11.0. The van der Waals surface area contributed by atoms with Crippen LogP contribution in [0.3, 0.4) is 0 Å². The highest BCUT2D eigenvalue weighted by atomic mass is 16.4. The summed E-state index contributed by atoms with van der Waals surface area (Å²) in [6.07, 6.45) is 2.52. The van der Waals surface area contributed by atoms with E-state index >= 15 is 0 Å². The highest BCUT2D eigenvalue weighted by Crippen LogP contribution is 2.06. The number of aliphatic carboxylic acids is 2. The number of benzene rings is 1. The molecule has 2 rings (SSSR count). The van der Waals surface area contributed by atoms with Gasteiger partial charge in [0.1, 0.15) is 0 Å². The molecular weight excluding hydrogens is 252 g/mol. The van der Waals surface area contributed by atoms with Crippen LogP contribution in [0.4, 0.5) is 0 Å². The summed E-state index contributed by atoms with van der Waals surface area (Å²) in [5.74, 6) is -2.51. The Kier molecular flexibility index (Phi) is 5.04. The Morgan fingerprint density at radius 3 is 2.11 bits per heavy atom. The second-order valence-corrected chi connectivity index (χ2v) is 3.31. The molecule has 2 aromatic rings. The second kappa shape index (κ2) is 6.75. The van der Waals surface area contributed by atoms with Gasteiger partial charge in [-0.15, -0.1) is 0 Å². The lowest BCUT2D eigenvalue weighted by molar-refractivity contribution is -0.134. The Labute approximate surface area is 107 Å². The van der Waals surface area contributed by atoms with Crippen molar-refractivity contribution < 1.29 is 24.2 Å². The smallest absolute Gasteiger partial charge is 0.343 e. The van der Waals surface area contributed by atoms with Gasteiger partial charge in [0.15, 0.2) is 0 Å². The summed E-state index contributed by atoms with van der Waals surface area (Å²) in [4.78, 5) is 30.1. The lowest BCUT2D eigenvalue weighted by atomic mass is 10.2. The summed E-state index contributed by atoms with van der Waals surface area (Å²) in [7, 11) is 0. The number of carboxylic acids is 2. The molecule has 0 amide bonds. The molecular formula is C13H10O6. The first-order valence-corrected chi connectivity index (χ1v) is 5.11. The van der Waals surface area contributed by atoms with Crippen molar-refractivity contribution in [3.8, 4) is 0 Å². The molecule has 6 nitrogen and oxygen atoms in total. The van der Waals surface area contributed by atoms with Crippen molar-refractivity contribution in [2.45, 2.75) is 0 Å². The minimum Gasteiger partial charge on any atom is -0.478 e. The first-order chi connectivity index (χ1) is 9.00. The molecule has 0 saturated carbocycles. The zero-order valence-electron chi connectivity index (χ0n) is 9.65. The molecule has 0 spiro atoms. The van der Waals surface area contributed by atoms with E-state index in [2.05, 4.69) is 4.42 Å². The number of fused-ring (bicyclic) bond motifs is 1. The van der Waals surface area contributed by atoms with Gasteiger partial charge in [-0.1, -0.05) is 18.2 Å². The number of rotatable bonds is 2. The van der Waals surface area contributed by atoms with Crippen LogP contribution in [0, 0.1) is 0 Å². The Morgan fingerprint density at radius 1 is 1.00 bits per heavy atom. The number of carbonyl (C=O) groups is 2. The Balaban J connectivity index is 0.000000203. The average molecular weight is 262 g/mol. The molecule has 2 N–H and O–H groups in total. The topological polar surface area (TPSA) is 105 Å². The van der Waals surface area contributed by atoms with Crippen LogP contribution in [0.1, 0.15) is 0 Å². The van der Waals surface area contributed by atoms with Gasteiger partial charge < -0.3 is 14.6 Å². The van der Waals surface area contributed by atoms with Crippen LogP contribution in [0.25, 0.3) is 10.8 Å². The van der Waals surface area contributed by atoms with Crippen molar-refractivity contribution in [1.29, 1.82) is 0 Å². The normalized spacial score (nSPS) is 9.89. The SMILES string of the molecule is O=C(O)/C=C\C(=O)O.O=c1occc2ccccc12. The van der Waals surface area contributed by atoms with Gasteiger partial charge >= 0.3 is 17.6 Å². The van der Waals surface area contributed by atoms with Crippen LogP contribution < -0.4 is 5.63 Å². The Morgan fingerprint density at radius 2 is 1.58 bits per heavy atom. The van der Waals surface area contributed by atoms with Gasteiger partial charge in [0.25, 0.3) is 0 Å². The number of carboxylic acid groups (broad SMARTS) is 2. The molecule has 0 aliphatic heterocycles. The minimum atomic E-state index is -1.26. The third-order valence-electron chi connectivity index (χ3n) is 1.97. The first kappa shape index (κ1) is 14.2. The molecule has 0 atom stereocenters.